The Bertz CT molecular complexity index is 912. The lowest BCUT2D eigenvalue weighted by Gasteiger charge is -2.07. The van der Waals surface area contributed by atoms with Gasteiger partial charge in [0.2, 0.25) is 5.91 Å². The van der Waals surface area contributed by atoms with Gasteiger partial charge in [0.25, 0.3) is 0 Å². The lowest BCUT2D eigenvalue weighted by molar-refractivity contribution is -0.115. The van der Waals surface area contributed by atoms with Crippen molar-refractivity contribution in [3.8, 4) is 0 Å². The molecule has 0 aliphatic heterocycles. The van der Waals surface area contributed by atoms with Crippen molar-refractivity contribution in [1.82, 2.24) is 4.98 Å². The van der Waals surface area contributed by atoms with E-state index >= 15 is 0 Å². The number of anilines is 1. The van der Waals surface area contributed by atoms with Gasteiger partial charge >= 0.3 is 0 Å². The summed E-state index contributed by atoms with van der Waals surface area (Å²) in [6.07, 6.45) is 0.271. The van der Waals surface area contributed by atoms with Crippen LogP contribution in [-0.2, 0) is 17.0 Å². The zero-order valence-electron chi connectivity index (χ0n) is 14.0. The van der Waals surface area contributed by atoms with Crippen LogP contribution in [0.25, 0.3) is 0 Å². The summed E-state index contributed by atoms with van der Waals surface area (Å²) in [6.45, 7) is 1.97. The quantitative estimate of drug-likeness (QED) is 0.430. The van der Waals surface area contributed by atoms with Gasteiger partial charge in [-0.05, 0) is 48.4 Å². The van der Waals surface area contributed by atoms with Gasteiger partial charge in [-0.1, -0.05) is 51.4 Å². The van der Waals surface area contributed by atoms with Crippen molar-refractivity contribution in [2.45, 2.75) is 23.4 Å². The summed E-state index contributed by atoms with van der Waals surface area (Å²) in [4.78, 5) is 16.8. The van der Waals surface area contributed by atoms with Crippen LogP contribution in [0.2, 0.25) is 5.02 Å². The third-order valence-corrected chi connectivity index (χ3v) is 6.50. The van der Waals surface area contributed by atoms with E-state index in [1.807, 2.05) is 54.8 Å². The second-order valence-corrected chi connectivity index (χ2v) is 9.14. The number of aromatic nitrogens is 1. The van der Waals surface area contributed by atoms with Gasteiger partial charge in [0.1, 0.15) is 4.34 Å². The highest BCUT2D eigenvalue weighted by Gasteiger charge is 2.10. The minimum absolute atomic E-state index is 0.0602. The van der Waals surface area contributed by atoms with E-state index in [0.717, 1.165) is 36.5 Å². The Morgan fingerprint density at radius 2 is 2.04 bits per heavy atom. The number of nitrogens with zero attached hydrogens (tertiary/aromatic N) is 1. The van der Waals surface area contributed by atoms with Crippen LogP contribution >= 0.6 is 50.6 Å². The molecule has 0 aliphatic carbocycles. The summed E-state index contributed by atoms with van der Waals surface area (Å²) < 4.78 is 1.96. The molecule has 0 unspecified atom stereocenters. The van der Waals surface area contributed by atoms with E-state index in [9.17, 15) is 4.79 Å². The molecule has 0 saturated heterocycles. The molecule has 0 spiro atoms. The fourth-order valence-electron chi connectivity index (χ4n) is 2.29. The number of hydrogen-bond donors (Lipinski definition) is 1. The maximum Gasteiger partial charge on any atom is 0.230 e. The molecule has 0 radical (unpaired) electrons. The van der Waals surface area contributed by atoms with Crippen molar-refractivity contribution >= 4 is 62.2 Å². The van der Waals surface area contributed by atoms with E-state index in [4.69, 9.17) is 11.6 Å². The van der Waals surface area contributed by atoms with Crippen LogP contribution in [0.4, 0.5) is 5.69 Å². The molecule has 0 bridgehead atoms. The minimum atomic E-state index is -0.0602. The monoisotopic (exact) mass is 466 g/mol. The highest BCUT2D eigenvalue weighted by atomic mass is 79.9. The van der Waals surface area contributed by atoms with E-state index in [1.165, 1.54) is 5.56 Å². The molecule has 3 nitrogen and oxygen atoms in total. The summed E-state index contributed by atoms with van der Waals surface area (Å²) in [5.41, 5.74) is 3.83. The first-order chi connectivity index (χ1) is 12.5. The van der Waals surface area contributed by atoms with Gasteiger partial charge in [-0.15, -0.1) is 11.3 Å². The van der Waals surface area contributed by atoms with Gasteiger partial charge in [-0.3, -0.25) is 4.79 Å². The first kappa shape index (κ1) is 19.4. The molecular formula is C19H16BrClN2OS2. The summed E-state index contributed by atoms with van der Waals surface area (Å²) >= 11 is 12.6. The first-order valence-corrected chi connectivity index (χ1v) is 10.9. The number of benzene rings is 2. The summed E-state index contributed by atoms with van der Waals surface area (Å²) in [5, 5.41) is 5.62. The number of halogens is 2. The standard InChI is InChI=1S/C19H16BrClN2OS2/c1-12-8-14(20)4-7-17(12)23-18(24)9-16-11-26-19(22-16)25-10-13-2-5-15(21)6-3-13/h2-8,11H,9-10H2,1H3,(H,23,24). The number of aryl methyl sites for hydroxylation is 1. The van der Waals surface area contributed by atoms with Gasteiger partial charge in [-0.2, -0.15) is 0 Å². The zero-order valence-corrected chi connectivity index (χ0v) is 17.9. The predicted octanol–water partition coefficient (Wildman–Crippen LogP) is 6.34. The molecule has 2 aromatic carbocycles. The van der Waals surface area contributed by atoms with Crippen molar-refractivity contribution in [2.75, 3.05) is 5.32 Å². The fraction of sp³-hybridized carbons (Fsp3) is 0.158. The topological polar surface area (TPSA) is 42.0 Å². The molecule has 26 heavy (non-hydrogen) atoms. The van der Waals surface area contributed by atoms with Gasteiger partial charge in [-0.25, -0.2) is 4.98 Å². The zero-order chi connectivity index (χ0) is 18.5. The fourth-order valence-corrected chi connectivity index (χ4v) is 4.69. The van der Waals surface area contributed by atoms with Gasteiger partial charge in [0.15, 0.2) is 0 Å². The van der Waals surface area contributed by atoms with Crippen molar-refractivity contribution in [2.24, 2.45) is 0 Å². The number of thioether (sulfide) groups is 1. The molecule has 1 N–H and O–H groups in total. The van der Waals surface area contributed by atoms with Crippen LogP contribution in [0, 0.1) is 6.92 Å². The number of carbonyl (C=O) groups excluding carboxylic acids is 1. The molecule has 3 rings (SSSR count). The van der Waals surface area contributed by atoms with Crippen LogP contribution in [0.15, 0.2) is 56.7 Å². The number of amides is 1. The summed E-state index contributed by atoms with van der Waals surface area (Å²) in [6, 6.07) is 13.6. The molecule has 134 valence electrons. The van der Waals surface area contributed by atoms with E-state index in [-0.39, 0.29) is 12.3 Å². The highest BCUT2D eigenvalue weighted by molar-refractivity contribution is 9.10. The molecular weight excluding hydrogens is 452 g/mol. The minimum Gasteiger partial charge on any atom is -0.326 e. The Labute approximate surface area is 174 Å². The largest absolute Gasteiger partial charge is 0.326 e. The van der Waals surface area contributed by atoms with Gasteiger partial charge < -0.3 is 5.32 Å². The van der Waals surface area contributed by atoms with E-state index in [1.54, 1.807) is 23.1 Å². The Kier molecular flexibility index (Phi) is 6.75. The molecule has 0 saturated carbocycles. The summed E-state index contributed by atoms with van der Waals surface area (Å²) in [7, 11) is 0. The molecule has 3 aromatic rings. The lowest BCUT2D eigenvalue weighted by atomic mass is 10.2. The van der Waals surface area contributed by atoms with Crippen LogP contribution < -0.4 is 5.32 Å². The maximum absolute atomic E-state index is 12.3. The highest BCUT2D eigenvalue weighted by Crippen LogP contribution is 2.27. The lowest BCUT2D eigenvalue weighted by Crippen LogP contribution is -2.15. The van der Waals surface area contributed by atoms with Gasteiger partial charge in [0, 0.05) is 26.3 Å². The molecule has 1 heterocycles. The predicted molar refractivity (Wildman–Crippen MR) is 114 cm³/mol. The SMILES string of the molecule is Cc1cc(Br)ccc1NC(=O)Cc1csc(SCc2ccc(Cl)cc2)n1. The van der Waals surface area contributed by atoms with Crippen molar-refractivity contribution < 1.29 is 4.79 Å². The maximum atomic E-state index is 12.3. The number of carbonyl (C=O) groups is 1. The van der Waals surface area contributed by atoms with Crippen LogP contribution in [0.3, 0.4) is 0 Å². The average Bonchev–Trinajstić information content (AvgIpc) is 3.04. The van der Waals surface area contributed by atoms with E-state index in [0.29, 0.717) is 0 Å². The van der Waals surface area contributed by atoms with Crippen molar-refractivity contribution in [3.05, 3.63) is 74.2 Å². The van der Waals surface area contributed by atoms with Crippen molar-refractivity contribution in [1.29, 1.82) is 0 Å². The molecule has 0 atom stereocenters. The van der Waals surface area contributed by atoms with Crippen LogP contribution in [0.1, 0.15) is 16.8 Å². The van der Waals surface area contributed by atoms with E-state index in [2.05, 4.69) is 26.2 Å². The second-order valence-electron chi connectivity index (χ2n) is 5.70. The normalized spacial score (nSPS) is 10.7. The number of hydrogen-bond acceptors (Lipinski definition) is 4. The number of thiazole rings is 1. The Morgan fingerprint density at radius 3 is 2.77 bits per heavy atom. The first-order valence-electron chi connectivity index (χ1n) is 7.87. The third-order valence-electron chi connectivity index (χ3n) is 3.61. The Hall–Kier alpha value is -1.34. The third kappa shape index (κ3) is 5.58. The van der Waals surface area contributed by atoms with Crippen LogP contribution in [0.5, 0.6) is 0 Å². The second kappa shape index (κ2) is 9.04. The number of nitrogens with one attached hydrogen (secondary N) is 1. The Balaban J connectivity index is 1.54. The number of rotatable bonds is 6. The smallest absolute Gasteiger partial charge is 0.230 e. The average molecular weight is 468 g/mol. The molecule has 1 amide bonds. The van der Waals surface area contributed by atoms with E-state index < -0.39 is 0 Å². The molecule has 1 aromatic heterocycles. The molecule has 0 aliphatic rings. The summed E-state index contributed by atoms with van der Waals surface area (Å²) in [5.74, 6) is 0.768. The van der Waals surface area contributed by atoms with Crippen LogP contribution in [-0.4, -0.2) is 10.9 Å². The van der Waals surface area contributed by atoms with Gasteiger partial charge in [0.05, 0.1) is 12.1 Å². The van der Waals surface area contributed by atoms with Crippen molar-refractivity contribution in [3.63, 3.8) is 0 Å². The Morgan fingerprint density at radius 1 is 1.27 bits per heavy atom. The molecule has 0 fully saturated rings. The molecule has 7 heteroatoms.